The molecule has 3 rings (SSSR count). The molecule has 0 saturated carbocycles. The van der Waals surface area contributed by atoms with Crippen LogP contribution in [0.2, 0.25) is 0 Å². The fourth-order valence-electron chi connectivity index (χ4n) is 2.84. The summed E-state index contributed by atoms with van der Waals surface area (Å²) in [7, 11) is 0. The van der Waals surface area contributed by atoms with Crippen molar-refractivity contribution in [1.82, 2.24) is 0 Å². The molecule has 3 heteroatoms. The Morgan fingerprint density at radius 2 is 1.88 bits per heavy atom. The number of ether oxygens (including phenoxy) is 1. The Kier molecular flexibility index (Phi) is 5.32. The predicted octanol–water partition coefficient (Wildman–Crippen LogP) is 5.56. The van der Waals surface area contributed by atoms with Gasteiger partial charge in [-0.05, 0) is 47.0 Å². The number of hydrogen-bond acceptors (Lipinski definition) is 3. The summed E-state index contributed by atoms with van der Waals surface area (Å²) < 4.78 is 5.91. The van der Waals surface area contributed by atoms with E-state index < -0.39 is 0 Å². The quantitative estimate of drug-likeness (QED) is 0.452. The van der Waals surface area contributed by atoms with E-state index in [1.165, 1.54) is 0 Å². The molecule has 0 spiro atoms. The van der Waals surface area contributed by atoms with E-state index in [1.54, 1.807) is 18.2 Å². The van der Waals surface area contributed by atoms with E-state index >= 15 is 0 Å². The number of fused-ring (bicyclic) bond motifs is 1. The van der Waals surface area contributed by atoms with Crippen molar-refractivity contribution < 1.29 is 4.74 Å². The van der Waals surface area contributed by atoms with Gasteiger partial charge in [0.05, 0.1) is 29.9 Å². The van der Waals surface area contributed by atoms with Crippen LogP contribution in [-0.2, 0) is 0 Å². The molecule has 3 nitrogen and oxygen atoms in total. The lowest BCUT2D eigenvalue weighted by Crippen LogP contribution is -1.98. The normalized spacial score (nSPS) is 11.0. The van der Waals surface area contributed by atoms with Gasteiger partial charge in [0.25, 0.3) is 0 Å². The molecule has 0 heterocycles. The Hall–Kier alpha value is -3.56. The number of benzene rings is 3. The summed E-state index contributed by atoms with van der Waals surface area (Å²) >= 11 is 0. The Labute approximate surface area is 153 Å². The minimum Gasteiger partial charge on any atom is -0.493 e. The van der Waals surface area contributed by atoms with Crippen LogP contribution in [0.1, 0.15) is 30.0 Å². The van der Waals surface area contributed by atoms with Gasteiger partial charge in [0, 0.05) is 5.56 Å². The molecule has 0 radical (unpaired) electrons. The first-order chi connectivity index (χ1) is 12.8. The SMILES string of the molecule is CCCOc1ccc2ccccc2c1/C=C(\C#N)c1cccc(C#N)c1. The highest BCUT2D eigenvalue weighted by Gasteiger charge is 2.10. The van der Waals surface area contributed by atoms with Crippen LogP contribution in [0.25, 0.3) is 22.4 Å². The van der Waals surface area contributed by atoms with Crippen molar-refractivity contribution >= 4 is 22.4 Å². The van der Waals surface area contributed by atoms with Crippen molar-refractivity contribution in [3.05, 3.63) is 77.4 Å². The minimum absolute atomic E-state index is 0.500. The van der Waals surface area contributed by atoms with Crippen molar-refractivity contribution in [2.24, 2.45) is 0 Å². The molecular weight excluding hydrogens is 320 g/mol. The fraction of sp³-hybridized carbons (Fsp3) is 0.130. The average molecular weight is 338 g/mol. The molecule has 0 aliphatic carbocycles. The molecule has 3 aromatic carbocycles. The summed E-state index contributed by atoms with van der Waals surface area (Å²) in [5.41, 5.74) is 2.64. The summed E-state index contributed by atoms with van der Waals surface area (Å²) in [5, 5.41) is 20.9. The highest BCUT2D eigenvalue weighted by molar-refractivity contribution is 6.00. The monoisotopic (exact) mass is 338 g/mol. The van der Waals surface area contributed by atoms with Gasteiger partial charge in [0.1, 0.15) is 5.75 Å². The molecule has 0 aromatic heterocycles. The average Bonchev–Trinajstić information content (AvgIpc) is 2.70. The lowest BCUT2D eigenvalue weighted by molar-refractivity contribution is 0.317. The van der Waals surface area contributed by atoms with E-state index in [0.717, 1.165) is 34.1 Å². The highest BCUT2D eigenvalue weighted by atomic mass is 16.5. The number of hydrogen-bond donors (Lipinski definition) is 0. The zero-order valence-electron chi connectivity index (χ0n) is 14.6. The van der Waals surface area contributed by atoms with Gasteiger partial charge in [0.2, 0.25) is 0 Å². The molecule has 0 saturated heterocycles. The van der Waals surface area contributed by atoms with Crippen molar-refractivity contribution in [3.63, 3.8) is 0 Å². The molecule has 0 fully saturated rings. The summed E-state index contributed by atoms with van der Waals surface area (Å²) in [5.74, 6) is 0.759. The van der Waals surface area contributed by atoms with E-state index in [0.29, 0.717) is 17.7 Å². The van der Waals surface area contributed by atoms with Crippen LogP contribution in [-0.4, -0.2) is 6.61 Å². The fourth-order valence-corrected chi connectivity index (χ4v) is 2.84. The standard InChI is InChI=1S/C23H18N2O/c1-2-12-26-23-11-10-18-7-3-4-9-21(18)22(23)14-20(16-25)19-8-5-6-17(13-19)15-24/h3-11,13-14H,2,12H2,1H3/b20-14+. The number of nitriles is 2. The summed E-state index contributed by atoms with van der Waals surface area (Å²) in [6, 6.07) is 23.5. The molecule has 0 bridgehead atoms. The number of rotatable bonds is 5. The molecule has 0 atom stereocenters. The van der Waals surface area contributed by atoms with Crippen LogP contribution in [0.15, 0.2) is 60.7 Å². The lowest BCUT2D eigenvalue weighted by Gasteiger charge is -2.12. The third-order valence-corrected chi connectivity index (χ3v) is 4.10. The second-order valence-corrected chi connectivity index (χ2v) is 5.91. The number of allylic oxidation sites excluding steroid dienone is 1. The molecule has 0 unspecified atom stereocenters. The molecular formula is C23H18N2O. The van der Waals surface area contributed by atoms with Gasteiger partial charge in [-0.25, -0.2) is 0 Å². The molecule has 3 aromatic rings. The second-order valence-electron chi connectivity index (χ2n) is 5.91. The summed E-state index contributed by atoms with van der Waals surface area (Å²) in [6.45, 7) is 2.68. The Balaban J connectivity index is 2.19. The highest BCUT2D eigenvalue weighted by Crippen LogP contribution is 2.32. The molecule has 0 aliphatic heterocycles. The van der Waals surface area contributed by atoms with Crippen molar-refractivity contribution in [1.29, 1.82) is 10.5 Å². The van der Waals surface area contributed by atoms with Gasteiger partial charge < -0.3 is 4.74 Å². The van der Waals surface area contributed by atoms with E-state index in [2.05, 4.69) is 19.1 Å². The van der Waals surface area contributed by atoms with Crippen molar-refractivity contribution in [2.75, 3.05) is 6.61 Å². The first kappa shape index (κ1) is 17.3. The van der Waals surface area contributed by atoms with Gasteiger partial charge in [-0.15, -0.1) is 0 Å². The zero-order chi connectivity index (χ0) is 18.4. The van der Waals surface area contributed by atoms with Crippen LogP contribution in [0.3, 0.4) is 0 Å². The topological polar surface area (TPSA) is 56.8 Å². The largest absolute Gasteiger partial charge is 0.493 e. The van der Waals surface area contributed by atoms with Crippen LogP contribution in [0.5, 0.6) is 5.75 Å². The molecule has 26 heavy (non-hydrogen) atoms. The minimum atomic E-state index is 0.500. The summed E-state index contributed by atoms with van der Waals surface area (Å²) in [4.78, 5) is 0. The van der Waals surface area contributed by atoms with Crippen LogP contribution >= 0.6 is 0 Å². The Morgan fingerprint density at radius 3 is 2.65 bits per heavy atom. The maximum atomic E-state index is 9.70. The molecule has 0 aliphatic rings. The molecule has 126 valence electrons. The Bertz CT molecular complexity index is 1050. The van der Waals surface area contributed by atoms with E-state index in [9.17, 15) is 5.26 Å². The van der Waals surface area contributed by atoms with Gasteiger partial charge >= 0.3 is 0 Å². The van der Waals surface area contributed by atoms with E-state index in [-0.39, 0.29) is 0 Å². The molecule has 0 amide bonds. The lowest BCUT2D eigenvalue weighted by atomic mass is 9.98. The van der Waals surface area contributed by atoms with Crippen molar-refractivity contribution in [3.8, 4) is 17.9 Å². The van der Waals surface area contributed by atoms with Gasteiger partial charge in [-0.3, -0.25) is 0 Å². The first-order valence-corrected chi connectivity index (χ1v) is 8.53. The van der Waals surface area contributed by atoms with Crippen LogP contribution in [0, 0.1) is 22.7 Å². The third-order valence-electron chi connectivity index (χ3n) is 4.10. The van der Waals surface area contributed by atoms with Gasteiger partial charge in [-0.1, -0.05) is 49.4 Å². The van der Waals surface area contributed by atoms with Crippen LogP contribution < -0.4 is 4.74 Å². The maximum Gasteiger partial charge on any atom is 0.127 e. The maximum absolute atomic E-state index is 9.70. The number of nitrogens with zero attached hydrogens (tertiary/aromatic N) is 2. The van der Waals surface area contributed by atoms with Crippen molar-refractivity contribution in [2.45, 2.75) is 13.3 Å². The molecule has 0 N–H and O–H groups in total. The van der Waals surface area contributed by atoms with Gasteiger partial charge in [0.15, 0.2) is 0 Å². The van der Waals surface area contributed by atoms with Crippen LogP contribution in [0.4, 0.5) is 0 Å². The van der Waals surface area contributed by atoms with E-state index in [4.69, 9.17) is 10.00 Å². The predicted molar refractivity (Wildman–Crippen MR) is 104 cm³/mol. The smallest absolute Gasteiger partial charge is 0.127 e. The zero-order valence-corrected chi connectivity index (χ0v) is 14.6. The Morgan fingerprint density at radius 1 is 1.04 bits per heavy atom. The summed E-state index contributed by atoms with van der Waals surface area (Å²) in [6.07, 6.45) is 2.76. The van der Waals surface area contributed by atoms with Gasteiger partial charge in [-0.2, -0.15) is 10.5 Å². The second kappa shape index (κ2) is 8.01. The van der Waals surface area contributed by atoms with E-state index in [1.807, 2.05) is 48.5 Å². The first-order valence-electron chi connectivity index (χ1n) is 8.53. The third kappa shape index (κ3) is 3.58.